The first-order valence-corrected chi connectivity index (χ1v) is 7.48. The van der Waals surface area contributed by atoms with Crippen LogP contribution in [0, 0.1) is 0 Å². The molecule has 1 aliphatic rings. The van der Waals surface area contributed by atoms with E-state index in [2.05, 4.69) is 10.2 Å². The van der Waals surface area contributed by atoms with E-state index < -0.39 is 11.9 Å². The minimum absolute atomic E-state index is 0.461. The predicted octanol–water partition coefficient (Wildman–Crippen LogP) is 1.93. The molecule has 0 aliphatic carbocycles. The zero-order valence-electron chi connectivity index (χ0n) is 11.9. The molecule has 0 radical (unpaired) electrons. The Morgan fingerprint density at radius 3 is 2.55 bits per heavy atom. The van der Waals surface area contributed by atoms with Crippen molar-refractivity contribution in [3.05, 3.63) is 35.9 Å². The number of benzene rings is 1. The molecule has 0 aromatic heterocycles. The van der Waals surface area contributed by atoms with Gasteiger partial charge >= 0.3 is 5.97 Å². The summed E-state index contributed by atoms with van der Waals surface area (Å²) < 4.78 is 0. The minimum atomic E-state index is -0.762. The van der Waals surface area contributed by atoms with Crippen LogP contribution in [0.1, 0.15) is 30.7 Å². The Labute approximate surface area is 120 Å². The first-order valence-electron chi connectivity index (χ1n) is 7.48. The number of carbonyl (C=O) groups is 1. The topological polar surface area (TPSA) is 52.6 Å². The third kappa shape index (κ3) is 4.62. The molecule has 1 atom stereocenters. The summed E-state index contributed by atoms with van der Waals surface area (Å²) >= 11 is 0. The Bertz CT molecular complexity index is 402. The van der Waals surface area contributed by atoms with Gasteiger partial charge in [-0.25, -0.2) is 0 Å². The second kappa shape index (κ2) is 8.02. The summed E-state index contributed by atoms with van der Waals surface area (Å²) in [6.07, 6.45) is 3.93. The molecular weight excluding hydrogens is 252 g/mol. The highest BCUT2D eigenvalue weighted by Crippen LogP contribution is 2.14. The lowest BCUT2D eigenvalue weighted by atomic mass is 9.99. The molecule has 1 fully saturated rings. The number of hydrogen-bond donors (Lipinski definition) is 2. The number of piperidine rings is 1. The van der Waals surface area contributed by atoms with E-state index in [-0.39, 0.29) is 0 Å². The van der Waals surface area contributed by atoms with Crippen LogP contribution in [-0.2, 0) is 4.79 Å². The predicted molar refractivity (Wildman–Crippen MR) is 80.0 cm³/mol. The zero-order chi connectivity index (χ0) is 14.2. The van der Waals surface area contributed by atoms with Gasteiger partial charge in [0.15, 0.2) is 0 Å². The summed E-state index contributed by atoms with van der Waals surface area (Å²) in [5, 5.41) is 12.6. The first-order chi connectivity index (χ1) is 9.77. The molecule has 4 heteroatoms. The summed E-state index contributed by atoms with van der Waals surface area (Å²) in [5.41, 5.74) is 0.866. The van der Waals surface area contributed by atoms with Gasteiger partial charge in [-0.3, -0.25) is 4.79 Å². The van der Waals surface area contributed by atoms with Crippen molar-refractivity contribution >= 4 is 5.97 Å². The van der Waals surface area contributed by atoms with Crippen LogP contribution < -0.4 is 5.32 Å². The molecule has 1 aromatic rings. The minimum Gasteiger partial charge on any atom is -0.481 e. The van der Waals surface area contributed by atoms with Crippen molar-refractivity contribution in [2.24, 2.45) is 0 Å². The molecule has 0 amide bonds. The highest BCUT2D eigenvalue weighted by atomic mass is 16.4. The maximum Gasteiger partial charge on any atom is 0.312 e. The van der Waals surface area contributed by atoms with Gasteiger partial charge in [-0.1, -0.05) is 36.8 Å². The summed E-state index contributed by atoms with van der Waals surface area (Å²) in [4.78, 5) is 13.8. The van der Waals surface area contributed by atoms with Crippen molar-refractivity contribution in [2.75, 3.05) is 32.7 Å². The van der Waals surface area contributed by atoms with Crippen LogP contribution >= 0.6 is 0 Å². The Balaban J connectivity index is 1.74. The maximum atomic E-state index is 11.3. The van der Waals surface area contributed by atoms with Gasteiger partial charge in [0.1, 0.15) is 0 Å². The quantitative estimate of drug-likeness (QED) is 0.747. The first kappa shape index (κ1) is 15.0. The molecule has 1 saturated heterocycles. The summed E-state index contributed by atoms with van der Waals surface area (Å²) in [7, 11) is 0. The van der Waals surface area contributed by atoms with E-state index in [0.717, 1.165) is 18.7 Å². The van der Waals surface area contributed by atoms with Crippen molar-refractivity contribution < 1.29 is 9.90 Å². The highest BCUT2D eigenvalue weighted by Gasteiger charge is 2.19. The number of rotatable bonds is 7. The number of hydrogen-bond acceptors (Lipinski definition) is 3. The van der Waals surface area contributed by atoms with E-state index in [9.17, 15) is 9.90 Å². The van der Waals surface area contributed by atoms with Crippen molar-refractivity contribution in [1.82, 2.24) is 10.2 Å². The maximum absolute atomic E-state index is 11.3. The van der Waals surface area contributed by atoms with Gasteiger partial charge < -0.3 is 15.3 Å². The third-order valence-electron chi connectivity index (χ3n) is 3.90. The number of aliphatic carboxylic acids is 1. The molecule has 1 heterocycles. The second-order valence-corrected chi connectivity index (χ2v) is 5.41. The zero-order valence-corrected chi connectivity index (χ0v) is 11.9. The molecule has 1 aromatic carbocycles. The number of nitrogens with one attached hydrogen (secondary N) is 1. The Morgan fingerprint density at radius 2 is 1.90 bits per heavy atom. The van der Waals surface area contributed by atoms with Crippen LogP contribution in [0.2, 0.25) is 0 Å². The van der Waals surface area contributed by atoms with E-state index in [4.69, 9.17) is 0 Å². The van der Waals surface area contributed by atoms with Gasteiger partial charge in [0.25, 0.3) is 0 Å². The fourth-order valence-corrected chi connectivity index (χ4v) is 2.70. The summed E-state index contributed by atoms with van der Waals surface area (Å²) in [5.74, 6) is -1.22. The Kier molecular flexibility index (Phi) is 6.02. The number of nitrogens with zero attached hydrogens (tertiary/aromatic N) is 1. The molecule has 20 heavy (non-hydrogen) atoms. The standard InChI is InChI=1S/C16H24N2O2/c19-16(20)15(14-7-3-1-4-8-14)13-17-9-12-18-10-5-2-6-11-18/h1,3-4,7-8,15,17H,2,5-6,9-13H2,(H,19,20). The van der Waals surface area contributed by atoms with Crippen LogP contribution in [0.5, 0.6) is 0 Å². The van der Waals surface area contributed by atoms with Crippen LogP contribution in [0.4, 0.5) is 0 Å². The lowest BCUT2D eigenvalue weighted by molar-refractivity contribution is -0.138. The molecule has 0 saturated carbocycles. The third-order valence-corrected chi connectivity index (χ3v) is 3.90. The van der Waals surface area contributed by atoms with Crippen molar-refractivity contribution in [2.45, 2.75) is 25.2 Å². The lowest BCUT2D eigenvalue weighted by Crippen LogP contribution is -2.37. The van der Waals surface area contributed by atoms with Crippen LogP contribution in [-0.4, -0.2) is 48.7 Å². The van der Waals surface area contributed by atoms with Gasteiger partial charge in [-0.15, -0.1) is 0 Å². The average Bonchev–Trinajstić information content (AvgIpc) is 2.49. The van der Waals surface area contributed by atoms with Gasteiger partial charge in [0.05, 0.1) is 5.92 Å². The molecule has 4 nitrogen and oxygen atoms in total. The average molecular weight is 276 g/mol. The van der Waals surface area contributed by atoms with E-state index in [1.807, 2.05) is 30.3 Å². The molecule has 1 unspecified atom stereocenters. The number of likely N-dealkylation sites (tertiary alicyclic amines) is 1. The molecule has 2 N–H and O–H groups in total. The smallest absolute Gasteiger partial charge is 0.312 e. The van der Waals surface area contributed by atoms with Crippen molar-refractivity contribution in [1.29, 1.82) is 0 Å². The Morgan fingerprint density at radius 1 is 1.20 bits per heavy atom. The van der Waals surface area contributed by atoms with Gasteiger partial charge in [0, 0.05) is 19.6 Å². The van der Waals surface area contributed by atoms with Crippen molar-refractivity contribution in [3.63, 3.8) is 0 Å². The SMILES string of the molecule is O=C(O)C(CNCCN1CCCCC1)c1ccccc1. The Hall–Kier alpha value is -1.39. The molecule has 2 rings (SSSR count). The van der Waals surface area contributed by atoms with Crippen LogP contribution in [0.15, 0.2) is 30.3 Å². The van der Waals surface area contributed by atoms with Gasteiger partial charge in [-0.2, -0.15) is 0 Å². The molecule has 0 spiro atoms. The fourth-order valence-electron chi connectivity index (χ4n) is 2.70. The van der Waals surface area contributed by atoms with Crippen molar-refractivity contribution in [3.8, 4) is 0 Å². The monoisotopic (exact) mass is 276 g/mol. The van der Waals surface area contributed by atoms with Crippen LogP contribution in [0.25, 0.3) is 0 Å². The largest absolute Gasteiger partial charge is 0.481 e. The molecule has 110 valence electrons. The van der Waals surface area contributed by atoms with Gasteiger partial charge in [-0.05, 0) is 31.5 Å². The van der Waals surface area contributed by atoms with Crippen LogP contribution in [0.3, 0.4) is 0 Å². The van der Waals surface area contributed by atoms with E-state index in [0.29, 0.717) is 6.54 Å². The number of carboxylic acids is 1. The van der Waals surface area contributed by atoms with E-state index in [1.165, 1.54) is 32.4 Å². The molecule has 1 aliphatic heterocycles. The number of carboxylic acid groups (broad SMARTS) is 1. The van der Waals surface area contributed by atoms with Gasteiger partial charge in [0.2, 0.25) is 0 Å². The fraction of sp³-hybridized carbons (Fsp3) is 0.562. The van der Waals surface area contributed by atoms with E-state index in [1.54, 1.807) is 0 Å². The second-order valence-electron chi connectivity index (χ2n) is 5.41. The summed E-state index contributed by atoms with van der Waals surface area (Å²) in [6.45, 7) is 4.73. The lowest BCUT2D eigenvalue weighted by Gasteiger charge is -2.26. The summed E-state index contributed by atoms with van der Waals surface area (Å²) in [6, 6.07) is 9.44. The molecular formula is C16H24N2O2. The van der Waals surface area contributed by atoms with E-state index >= 15 is 0 Å². The molecule has 0 bridgehead atoms. The normalized spacial score (nSPS) is 17.8. The highest BCUT2D eigenvalue weighted by molar-refractivity contribution is 5.76.